The van der Waals surface area contributed by atoms with E-state index in [1.54, 1.807) is 18.2 Å². The Morgan fingerprint density at radius 1 is 1.12 bits per heavy atom. The number of nitro groups is 1. The van der Waals surface area contributed by atoms with Crippen molar-refractivity contribution in [2.45, 2.75) is 13.5 Å². The standard InChI is InChI=1S/C17H15ClN6O2/c1-11-5-4-8-14(22-11)23-17-15(24(25)26)16(20-10-21-17)19-9-12-6-2-3-7-13(12)18/h2-8,10H,9H2,1H3,(H2,19,20,21,22,23). The topological polar surface area (TPSA) is 106 Å². The molecule has 2 aromatic heterocycles. The van der Waals surface area contributed by atoms with Crippen LogP contribution >= 0.6 is 11.6 Å². The van der Waals surface area contributed by atoms with Crippen molar-refractivity contribution in [3.8, 4) is 0 Å². The van der Waals surface area contributed by atoms with Gasteiger partial charge in [-0.15, -0.1) is 0 Å². The lowest BCUT2D eigenvalue weighted by Crippen LogP contribution is -2.09. The molecule has 26 heavy (non-hydrogen) atoms. The third-order valence-electron chi connectivity index (χ3n) is 3.54. The van der Waals surface area contributed by atoms with Crippen LogP contribution in [0.3, 0.4) is 0 Å². The van der Waals surface area contributed by atoms with Crippen molar-refractivity contribution in [2.75, 3.05) is 10.6 Å². The Morgan fingerprint density at radius 3 is 2.62 bits per heavy atom. The van der Waals surface area contributed by atoms with Gasteiger partial charge in [0.05, 0.1) is 4.92 Å². The van der Waals surface area contributed by atoms with Crippen LogP contribution in [-0.4, -0.2) is 19.9 Å². The molecular weight excluding hydrogens is 356 g/mol. The molecule has 0 spiro atoms. The van der Waals surface area contributed by atoms with Crippen molar-refractivity contribution in [1.29, 1.82) is 0 Å². The van der Waals surface area contributed by atoms with Gasteiger partial charge in [-0.05, 0) is 30.7 Å². The van der Waals surface area contributed by atoms with E-state index >= 15 is 0 Å². The van der Waals surface area contributed by atoms with Crippen molar-refractivity contribution >= 4 is 34.7 Å². The molecule has 0 bridgehead atoms. The number of nitrogens with one attached hydrogen (secondary N) is 2. The van der Waals surface area contributed by atoms with Crippen LogP contribution in [0.25, 0.3) is 0 Å². The summed E-state index contributed by atoms with van der Waals surface area (Å²) < 4.78 is 0. The summed E-state index contributed by atoms with van der Waals surface area (Å²) in [6, 6.07) is 12.6. The molecule has 0 saturated carbocycles. The molecule has 0 saturated heterocycles. The molecule has 0 aliphatic rings. The first-order valence-corrected chi connectivity index (χ1v) is 8.10. The van der Waals surface area contributed by atoms with E-state index in [1.165, 1.54) is 6.33 Å². The van der Waals surface area contributed by atoms with Gasteiger partial charge < -0.3 is 10.6 Å². The molecule has 0 radical (unpaired) electrons. The highest BCUT2D eigenvalue weighted by Gasteiger charge is 2.23. The van der Waals surface area contributed by atoms with Crippen LogP contribution < -0.4 is 10.6 Å². The number of aromatic nitrogens is 3. The van der Waals surface area contributed by atoms with E-state index in [1.807, 2.05) is 31.2 Å². The molecule has 132 valence electrons. The van der Waals surface area contributed by atoms with Crippen LogP contribution in [0.5, 0.6) is 0 Å². The molecule has 0 aliphatic carbocycles. The Bertz CT molecular complexity index is 950. The summed E-state index contributed by atoms with van der Waals surface area (Å²) in [7, 11) is 0. The number of hydrogen-bond donors (Lipinski definition) is 2. The molecule has 3 rings (SSSR count). The Labute approximate surface area is 154 Å². The molecule has 2 heterocycles. The molecule has 0 fully saturated rings. The molecule has 0 atom stereocenters. The van der Waals surface area contributed by atoms with Gasteiger partial charge >= 0.3 is 5.69 Å². The van der Waals surface area contributed by atoms with Gasteiger partial charge in [0, 0.05) is 17.3 Å². The van der Waals surface area contributed by atoms with Crippen molar-refractivity contribution in [3.63, 3.8) is 0 Å². The summed E-state index contributed by atoms with van der Waals surface area (Å²) in [4.78, 5) is 23.3. The highest BCUT2D eigenvalue weighted by molar-refractivity contribution is 6.31. The van der Waals surface area contributed by atoms with Crippen LogP contribution in [0.15, 0.2) is 48.8 Å². The number of aryl methyl sites for hydroxylation is 1. The second kappa shape index (κ2) is 7.75. The van der Waals surface area contributed by atoms with Gasteiger partial charge in [-0.3, -0.25) is 10.1 Å². The molecule has 0 amide bonds. The Balaban J connectivity index is 1.88. The summed E-state index contributed by atoms with van der Waals surface area (Å²) in [5.74, 6) is 0.619. The smallest absolute Gasteiger partial charge is 0.353 e. The van der Waals surface area contributed by atoms with E-state index in [9.17, 15) is 10.1 Å². The number of nitrogens with zero attached hydrogens (tertiary/aromatic N) is 4. The average molecular weight is 371 g/mol. The van der Waals surface area contributed by atoms with Gasteiger partial charge in [0.25, 0.3) is 0 Å². The largest absolute Gasteiger partial charge is 0.360 e. The number of halogens is 1. The molecule has 8 nitrogen and oxygen atoms in total. The second-order valence-electron chi connectivity index (χ2n) is 5.41. The molecule has 9 heteroatoms. The van der Waals surface area contributed by atoms with Gasteiger partial charge in [0.2, 0.25) is 11.6 Å². The maximum absolute atomic E-state index is 11.6. The van der Waals surface area contributed by atoms with Crippen molar-refractivity contribution < 1.29 is 4.92 Å². The Hall–Kier alpha value is -3.26. The number of benzene rings is 1. The lowest BCUT2D eigenvalue weighted by atomic mass is 10.2. The van der Waals surface area contributed by atoms with Gasteiger partial charge in [0.15, 0.2) is 0 Å². The zero-order valence-corrected chi connectivity index (χ0v) is 14.6. The van der Waals surface area contributed by atoms with Crippen molar-refractivity contribution in [2.24, 2.45) is 0 Å². The minimum Gasteiger partial charge on any atom is -0.360 e. The minimum atomic E-state index is -0.535. The van der Waals surface area contributed by atoms with Crippen LogP contribution in [0.2, 0.25) is 5.02 Å². The average Bonchev–Trinajstić information content (AvgIpc) is 2.61. The number of rotatable bonds is 6. The molecule has 2 N–H and O–H groups in total. The first-order chi connectivity index (χ1) is 12.5. The Morgan fingerprint density at radius 2 is 1.88 bits per heavy atom. The van der Waals surface area contributed by atoms with Gasteiger partial charge in [-0.25, -0.2) is 15.0 Å². The van der Waals surface area contributed by atoms with Gasteiger partial charge in [0.1, 0.15) is 12.1 Å². The fraction of sp³-hybridized carbons (Fsp3) is 0.118. The summed E-state index contributed by atoms with van der Waals surface area (Å²) in [5, 5.41) is 18.0. The predicted octanol–water partition coefficient (Wildman–Crippen LogP) is 4.10. The third-order valence-corrected chi connectivity index (χ3v) is 3.91. The SMILES string of the molecule is Cc1cccc(Nc2ncnc(NCc3ccccc3Cl)c2[N+](=O)[O-])n1. The fourth-order valence-corrected chi connectivity index (χ4v) is 2.53. The van der Waals surface area contributed by atoms with Crippen molar-refractivity contribution in [3.05, 3.63) is 75.2 Å². The number of pyridine rings is 1. The zero-order chi connectivity index (χ0) is 18.5. The number of hydrogen-bond acceptors (Lipinski definition) is 7. The van der Waals surface area contributed by atoms with E-state index in [2.05, 4.69) is 25.6 Å². The lowest BCUT2D eigenvalue weighted by Gasteiger charge is -2.10. The quantitative estimate of drug-likeness (QED) is 0.497. The van der Waals surface area contributed by atoms with Crippen LogP contribution in [0.4, 0.5) is 23.1 Å². The summed E-state index contributed by atoms with van der Waals surface area (Å²) in [6.07, 6.45) is 1.25. The monoisotopic (exact) mass is 370 g/mol. The predicted molar refractivity (Wildman–Crippen MR) is 99.7 cm³/mol. The van der Waals surface area contributed by atoms with E-state index < -0.39 is 4.92 Å². The Kier molecular flexibility index (Phi) is 5.23. The summed E-state index contributed by atoms with van der Waals surface area (Å²) in [5.41, 5.74) is 1.32. The summed E-state index contributed by atoms with van der Waals surface area (Å²) in [6.45, 7) is 2.12. The molecular formula is C17H15ClN6O2. The summed E-state index contributed by atoms with van der Waals surface area (Å²) >= 11 is 6.12. The molecule has 1 aromatic carbocycles. The molecule has 3 aromatic rings. The zero-order valence-electron chi connectivity index (χ0n) is 13.8. The normalized spacial score (nSPS) is 10.4. The van der Waals surface area contributed by atoms with Crippen LogP contribution in [0.1, 0.15) is 11.3 Å². The first-order valence-electron chi connectivity index (χ1n) is 7.72. The van der Waals surface area contributed by atoms with E-state index in [4.69, 9.17) is 11.6 Å². The highest BCUT2D eigenvalue weighted by Crippen LogP contribution is 2.31. The van der Waals surface area contributed by atoms with E-state index in [0.29, 0.717) is 17.4 Å². The van der Waals surface area contributed by atoms with Gasteiger partial charge in [-0.2, -0.15) is 0 Å². The maximum atomic E-state index is 11.6. The van der Waals surface area contributed by atoms with E-state index in [0.717, 1.165) is 11.3 Å². The first kappa shape index (κ1) is 17.6. The van der Waals surface area contributed by atoms with Crippen molar-refractivity contribution in [1.82, 2.24) is 15.0 Å². The molecule has 0 aliphatic heterocycles. The molecule has 0 unspecified atom stereocenters. The fourth-order valence-electron chi connectivity index (χ4n) is 2.33. The van der Waals surface area contributed by atoms with Crippen LogP contribution in [-0.2, 0) is 6.54 Å². The highest BCUT2D eigenvalue weighted by atomic mass is 35.5. The lowest BCUT2D eigenvalue weighted by molar-refractivity contribution is -0.383. The van der Waals surface area contributed by atoms with Crippen LogP contribution in [0, 0.1) is 17.0 Å². The third kappa shape index (κ3) is 4.04. The van der Waals surface area contributed by atoms with Gasteiger partial charge in [-0.1, -0.05) is 35.9 Å². The second-order valence-corrected chi connectivity index (χ2v) is 5.82. The minimum absolute atomic E-state index is 0.0600. The maximum Gasteiger partial charge on any atom is 0.353 e. The van der Waals surface area contributed by atoms with E-state index in [-0.39, 0.29) is 17.3 Å². The number of anilines is 3.